The van der Waals surface area contributed by atoms with Crippen LogP contribution in [-0.4, -0.2) is 98.3 Å². The van der Waals surface area contributed by atoms with Crippen LogP contribution in [0.3, 0.4) is 0 Å². The Bertz CT molecular complexity index is 1030. The molecule has 0 spiro atoms. The van der Waals surface area contributed by atoms with E-state index in [0.29, 0.717) is 19.6 Å². The van der Waals surface area contributed by atoms with Crippen LogP contribution in [0.4, 0.5) is 4.79 Å². The fourth-order valence-corrected chi connectivity index (χ4v) is 7.01. The molecule has 3 aliphatic rings. The number of hydrogen-bond acceptors (Lipinski definition) is 6. The summed E-state index contributed by atoms with van der Waals surface area (Å²) in [6.07, 6.45) is 0. The van der Waals surface area contributed by atoms with E-state index < -0.39 is 51.2 Å². The summed E-state index contributed by atoms with van der Waals surface area (Å²) >= 11 is 0. The Kier molecular flexibility index (Phi) is 7.75. The molecular weight excluding hydrogens is 498 g/mol. The molecule has 0 aromatic carbocycles. The summed E-state index contributed by atoms with van der Waals surface area (Å²) in [5, 5.41) is 5.77. The van der Waals surface area contributed by atoms with E-state index in [4.69, 9.17) is 4.74 Å². The maximum atomic E-state index is 13.8. The van der Waals surface area contributed by atoms with Crippen LogP contribution in [0.2, 0.25) is 0 Å². The third-order valence-electron chi connectivity index (χ3n) is 8.44. The van der Waals surface area contributed by atoms with E-state index in [9.17, 15) is 22.8 Å². The second-order valence-electron chi connectivity index (χ2n) is 13.4. The Morgan fingerprint density at radius 2 is 1.62 bits per heavy atom. The van der Waals surface area contributed by atoms with Crippen molar-refractivity contribution in [2.75, 3.05) is 40.3 Å². The largest absolute Gasteiger partial charge is 0.467 e. The van der Waals surface area contributed by atoms with E-state index in [1.54, 1.807) is 4.90 Å². The molecule has 37 heavy (non-hydrogen) atoms. The molecule has 3 fully saturated rings. The highest BCUT2D eigenvalue weighted by molar-refractivity contribution is 7.87. The number of piperidine rings is 1. The summed E-state index contributed by atoms with van der Waals surface area (Å²) in [4.78, 5) is 41.3. The van der Waals surface area contributed by atoms with Crippen molar-refractivity contribution in [1.82, 2.24) is 24.1 Å². The van der Waals surface area contributed by atoms with Crippen LogP contribution >= 0.6 is 0 Å². The van der Waals surface area contributed by atoms with Gasteiger partial charge in [0.1, 0.15) is 12.1 Å². The molecule has 11 nitrogen and oxygen atoms in total. The normalized spacial score (nSPS) is 28.8. The van der Waals surface area contributed by atoms with Gasteiger partial charge < -0.3 is 20.3 Å². The zero-order valence-corrected chi connectivity index (χ0v) is 24.7. The number of hydrogen-bond donors (Lipinski definition) is 2. The lowest BCUT2D eigenvalue weighted by atomic mass is 9.85. The number of ether oxygens (including phenoxy) is 1. The van der Waals surface area contributed by atoms with Crippen molar-refractivity contribution in [2.24, 2.45) is 28.1 Å². The predicted molar refractivity (Wildman–Crippen MR) is 140 cm³/mol. The van der Waals surface area contributed by atoms with E-state index >= 15 is 0 Å². The molecule has 2 N–H and O–H groups in total. The molecule has 1 aliphatic carbocycles. The quantitative estimate of drug-likeness (QED) is 0.486. The first-order chi connectivity index (χ1) is 16.7. The van der Waals surface area contributed by atoms with E-state index in [1.165, 1.54) is 22.8 Å². The van der Waals surface area contributed by atoms with Crippen LogP contribution in [0.1, 0.15) is 55.4 Å². The Morgan fingerprint density at radius 3 is 2.08 bits per heavy atom. The lowest BCUT2D eigenvalue weighted by Gasteiger charge is -2.38. The average Bonchev–Trinajstić information content (AvgIpc) is 3.04. The zero-order chi connectivity index (χ0) is 28.3. The molecule has 0 bridgehead atoms. The van der Waals surface area contributed by atoms with Crippen LogP contribution in [-0.2, 0) is 24.5 Å². The SMILES string of the molecule is COC(=O)[C@@H]1[C@@H]2[C@H](CN1C(=O)[C@@H](NC(=O)N[C@H](CN1CCN(C)S1(=O)=O)C(C)(C)C)C(C)(C)C)C2(C)C. The first-order valence-electron chi connectivity index (χ1n) is 12.9. The first-order valence-corrected chi connectivity index (χ1v) is 14.3. The van der Waals surface area contributed by atoms with Crippen LogP contribution in [0, 0.1) is 28.1 Å². The van der Waals surface area contributed by atoms with Gasteiger partial charge in [-0.1, -0.05) is 55.4 Å². The van der Waals surface area contributed by atoms with Gasteiger partial charge in [-0.15, -0.1) is 0 Å². The standard InChI is InChI=1S/C25H45N5O6S/c1-23(2,3)16(14-29-12-11-28(9)37(29,34)35)26-22(33)27-19(24(4,5)6)20(31)30-13-15-17(25(15,7)8)18(30)21(32)36-10/h15-19H,11-14H2,1-10H3,(H2,26,27,33)/t15-,16+,17-,18-,19+/m0/s1. The van der Waals surface area contributed by atoms with Crippen molar-refractivity contribution >= 4 is 28.1 Å². The Balaban J connectivity index is 1.77. The van der Waals surface area contributed by atoms with E-state index in [-0.39, 0.29) is 29.7 Å². The number of amides is 3. The minimum absolute atomic E-state index is 0.0316. The van der Waals surface area contributed by atoms with Crippen molar-refractivity contribution in [3.8, 4) is 0 Å². The highest BCUT2D eigenvalue weighted by Crippen LogP contribution is 2.65. The second kappa shape index (κ2) is 9.68. The van der Waals surface area contributed by atoms with Gasteiger partial charge in [0.25, 0.3) is 10.2 Å². The maximum Gasteiger partial charge on any atom is 0.328 e. The Hall–Kier alpha value is -1.92. The number of esters is 1. The summed E-state index contributed by atoms with van der Waals surface area (Å²) in [5.41, 5.74) is -1.13. The molecule has 0 aromatic heterocycles. The van der Waals surface area contributed by atoms with Gasteiger partial charge in [0, 0.05) is 45.2 Å². The number of carbonyl (C=O) groups excluding carboxylic acids is 3. The molecule has 0 unspecified atom stereocenters. The van der Waals surface area contributed by atoms with E-state index in [0.717, 1.165) is 0 Å². The number of nitrogens with one attached hydrogen (secondary N) is 2. The number of carbonyl (C=O) groups is 3. The van der Waals surface area contributed by atoms with Gasteiger partial charge in [-0.2, -0.15) is 17.0 Å². The smallest absolute Gasteiger partial charge is 0.328 e. The summed E-state index contributed by atoms with van der Waals surface area (Å²) in [6.45, 7) is 16.8. The van der Waals surface area contributed by atoms with Crippen molar-refractivity contribution in [2.45, 2.75) is 73.5 Å². The van der Waals surface area contributed by atoms with Crippen molar-refractivity contribution < 1.29 is 27.5 Å². The summed E-state index contributed by atoms with van der Waals surface area (Å²) in [6, 6.07) is -2.64. The fourth-order valence-electron chi connectivity index (χ4n) is 5.65. The number of rotatable bonds is 6. The highest BCUT2D eigenvalue weighted by atomic mass is 32.2. The molecule has 212 valence electrons. The molecule has 1 saturated carbocycles. The van der Waals surface area contributed by atoms with E-state index in [2.05, 4.69) is 24.5 Å². The number of methoxy groups -OCH3 is 1. The topological polar surface area (TPSA) is 128 Å². The molecule has 0 radical (unpaired) electrons. The predicted octanol–water partition coefficient (Wildman–Crippen LogP) is 1.26. The van der Waals surface area contributed by atoms with Crippen LogP contribution in [0.5, 0.6) is 0 Å². The number of likely N-dealkylation sites (tertiary alicyclic amines) is 1. The molecule has 0 aromatic rings. The minimum atomic E-state index is -3.56. The van der Waals surface area contributed by atoms with Gasteiger partial charge in [0.05, 0.1) is 7.11 Å². The lowest BCUT2D eigenvalue weighted by Crippen LogP contribution is -2.61. The van der Waals surface area contributed by atoms with Crippen LogP contribution in [0.25, 0.3) is 0 Å². The van der Waals surface area contributed by atoms with Crippen molar-refractivity contribution in [1.29, 1.82) is 0 Å². The summed E-state index contributed by atoms with van der Waals surface area (Å²) < 4.78 is 32.9. The van der Waals surface area contributed by atoms with Crippen LogP contribution < -0.4 is 10.6 Å². The van der Waals surface area contributed by atoms with Crippen molar-refractivity contribution in [3.05, 3.63) is 0 Å². The molecule has 3 rings (SSSR count). The van der Waals surface area contributed by atoms with E-state index in [1.807, 2.05) is 41.5 Å². The highest BCUT2D eigenvalue weighted by Gasteiger charge is 2.70. The summed E-state index contributed by atoms with van der Waals surface area (Å²) in [7, 11) is -0.706. The minimum Gasteiger partial charge on any atom is -0.467 e. The van der Waals surface area contributed by atoms with Gasteiger partial charge >= 0.3 is 12.0 Å². The Morgan fingerprint density at radius 1 is 1.03 bits per heavy atom. The molecule has 2 saturated heterocycles. The third kappa shape index (κ3) is 5.61. The molecule has 5 atom stereocenters. The average molecular weight is 544 g/mol. The fraction of sp³-hybridized carbons (Fsp3) is 0.880. The zero-order valence-electron chi connectivity index (χ0n) is 23.9. The number of urea groups is 1. The Labute approximate surface area is 221 Å². The monoisotopic (exact) mass is 543 g/mol. The van der Waals surface area contributed by atoms with Gasteiger partial charge in [0.2, 0.25) is 5.91 Å². The molecule has 3 amide bonds. The molecular formula is C25H45N5O6S. The lowest BCUT2D eigenvalue weighted by molar-refractivity contribution is -0.154. The first kappa shape index (κ1) is 29.6. The number of likely N-dealkylation sites (N-methyl/N-ethyl adjacent to an activating group) is 1. The van der Waals surface area contributed by atoms with Gasteiger partial charge in [-0.3, -0.25) is 4.79 Å². The number of fused-ring (bicyclic) bond motifs is 1. The van der Waals surface area contributed by atoms with Gasteiger partial charge in [-0.05, 0) is 22.2 Å². The van der Waals surface area contributed by atoms with Crippen molar-refractivity contribution in [3.63, 3.8) is 0 Å². The molecule has 2 heterocycles. The maximum absolute atomic E-state index is 13.8. The molecule has 12 heteroatoms. The second-order valence-corrected chi connectivity index (χ2v) is 15.5. The molecule has 2 aliphatic heterocycles. The summed E-state index contributed by atoms with van der Waals surface area (Å²) in [5.74, 6) is -0.518. The van der Waals surface area contributed by atoms with Crippen LogP contribution in [0.15, 0.2) is 0 Å². The van der Waals surface area contributed by atoms with Gasteiger partial charge in [-0.25, -0.2) is 9.59 Å². The van der Waals surface area contributed by atoms with Gasteiger partial charge in [0.15, 0.2) is 0 Å². The third-order valence-corrected chi connectivity index (χ3v) is 10.4. The number of nitrogens with zero attached hydrogens (tertiary/aromatic N) is 3.